The fourth-order valence-electron chi connectivity index (χ4n) is 3.37. The van der Waals surface area contributed by atoms with E-state index >= 15 is 0 Å². The number of carbonyl (C=O) groups is 1. The molecule has 25 heavy (non-hydrogen) atoms. The van der Waals surface area contributed by atoms with E-state index in [0.29, 0.717) is 18.0 Å². The highest BCUT2D eigenvalue weighted by molar-refractivity contribution is 6.02. The Kier molecular flexibility index (Phi) is 6.13. The Balaban J connectivity index is 2.66. The van der Waals surface area contributed by atoms with Gasteiger partial charge in [0, 0.05) is 11.3 Å². The topological polar surface area (TPSA) is 55.5 Å². The smallest absolute Gasteiger partial charge is 0.248 e. The van der Waals surface area contributed by atoms with Gasteiger partial charge in [0.15, 0.2) is 0 Å². The quantitative estimate of drug-likeness (QED) is 0.733. The Morgan fingerprint density at radius 3 is 2.72 bits per heavy atom. The third-order valence-corrected chi connectivity index (χ3v) is 4.99. The number of nitrogens with two attached hydrogens (primary N) is 1. The van der Waals surface area contributed by atoms with Crippen LogP contribution in [0.1, 0.15) is 66.6 Å². The van der Waals surface area contributed by atoms with Gasteiger partial charge in [-0.15, -0.1) is 6.58 Å². The van der Waals surface area contributed by atoms with E-state index in [4.69, 9.17) is 5.73 Å². The van der Waals surface area contributed by atoms with Crippen molar-refractivity contribution in [2.24, 2.45) is 10.7 Å². The lowest BCUT2D eigenvalue weighted by Crippen LogP contribution is -2.15. The maximum atomic E-state index is 11.8. The van der Waals surface area contributed by atoms with Crippen LogP contribution in [0.5, 0.6) is 0 Å². The first kappa shape index (κ1) is 18.9. The normalized spacial score (nSPS) is 15.6. The number of aliphatic imine (C=N–C) groups is 1. The van der Waals surface area contributed by atoms with Gasteiger partial charge in [0.05, 0.1) is 6.54 Å². The number of amides is 1. The summed E-state index contributed by atoms with van der Waals surface area (Å²) in [6.45, 7) is 12.9. The zero-order valence-corrected chi connectivity index (χ0v) is 15.7. The predicted octanol–water partition coefficient (Wildman–Crippen LogP) is 4.97. The van der Waals surface area contributed by atoms with Crippen LogP contribution in [0.25, 0.3) is 5.57 Å². The fraction of sp³-hybridized carbons (Fsp3) is 0.364. The van der Waals surface area contributed by atoms with Gasteiger partial charge in [0.2, 0.25) is 5.91 Å². The number of benzene rings is 1. The Hall–Kier alpha value is -2.42. The molecular weight excluding hydrogens is 308 g/mol. The summed E-state index contributed by atoms with van der Waals surface area (Å²) in [5.41, 5.74) is 12.9. The third kappa shape index (κ3) is 3.98. The van der Waals surface area contributed by atoms with E-state index in [2.05, 4.69) is 37.6 Å². The molecule has 0 saturated heterocycles. The molecule has 1 atom stereocenters. The second-order valence-electron chi connectivity index (χ2n) is 6.62. The molecule has 1 heterocycles. The van der Waals surface area contributed by atoms with Crippen LogP contribution < -0.4 is 5.73 Å². The Morgan fingerprint density at radius 1 is 1.40 bits per heavy atom. The molecule has 1 aliphatic rings. The average molecular weight is 336 g/mol. The van der Waals surface area contributed by atoms with Crippen LogP contribution in [0.3, 0.4) is 0 Å². The molecule has 0 aromatic heterocycles. The minimum absolute atomic E-state index is 0.344. The molecule has 0 bridgehead atoms. The van der Waals surface area contributed by atoms with Crippen molar-refractivity contribution >= 4 is 17.2 Å². The summed E-state index contributed by atoms with van der Waals surface area (Å²) >= 11 is 0. The third-order valence-electron chi connectivity index (χ3n) is 4.99. The highest BCUT2D eigenvalue weighted by Gasteiger charge is 2.19. The molecule has 0 fully saturated rings. The van der Waals surface area contributed by atoms with Crippen molar-refractivity contribution in [3.8, 4) is 0 Å². The van der Waals surface area contributed by atoms with E-state index < -0.39 is 0 Å². The molecule has 0 radical (unpaired) electrons. The van der Waals surface area contributed by atoms with Crippen LogP contribution in [0.15, 0.2) is 47.5 Å². The largest absolute Gasteiger partial charge is 0.366 e. The van der Waals surface area contributed by atoms with Crippen LogP contribution in [0.4, 0.5) is 0 Å². The van der Waals surface area contributed by atoms with Crippen molar-refractivity contribution < 1.29 is 4.79 Å². The van der Waals surface area contributed by atoms with Crippen LogP contribution in [0, 0.1) is 6.92 Å². The Labute approximate surface area is 151 Å². The van der Waals surface area contributed by atoms with Crippen molar-refractivity contribution in [2.45, 2.75) is 46.5 Å². The molecule has 0 saturated carbocycles. The van der Waals surface area contributed by atoms with Gasteiger partial charge in [-0.25, -0.2) is 0 Å². The number of carbonyl (C=O) groups excluding carboxylic acids is 1. The minimum Gasteiger partial charge on any atom is -0.366 e. The summed E-state index contributed by atoms with van der Waals surface area (Å²) in [7, 11) is 0. The van der Waals surface area contributed by atoms with Gasteiger partial charge in [-0.05, 0) is 72.6 Å². The molecule has 1 aromatic rings. The van der Waals surface area contributed by atoms with Gasteiger partial charge in [-0.1, -0.05) is 32.1 Å². The molecule has 0 spiro atoms. The molecule has 132 valence electrons. The summed E-state index contributed by atoms with van der Waals surface area (Å²) < 4.78 is 0. The fourth-order valence-corrected chi connectivity index (χ4v) is 3.37. The second-order valence-corrected chi connectivity index (χ2v) is 6.62. The number of hydrogen-bond donors (Lipinski definition) is 1. The lowest BCUT2D eigenvalue weighted by Gasteiger charge is -2.21. The van der Waals surface area contributed by atoms with Crippen molar-refractivity contribution in [3.63, 3.8) is 0 Å². The van der Waals surface area contributed by atoms with Gasteiger partial charge < -0.3 is 5.73 Å². The van der Waals surface area contributed by atoms with Crippen LogP contribution in [0.2, 0.25) is 0 Å². The molecule has 3 heteroatoms. The standard InChI is InChI=1S/C22H28N2O/c1-6-8-17-13-18(11-12-24-16(17)5)20-10-9-19(22(23)25)15(4)21(20)14(3)7-2/h6,9-11,13-14H,1,7-8,12H2,2-5H3,(H2,23,25)/t14-/m1/s1. The summed E-state index contributed by atoms with van der Waals surface area (Å²) in [4.78, 5) is 16.4. The highest BCUT2D eigenvalue weighted by atomic mass is 16.1. The van der Waals surface area contributed by atoms with Crippen molar-refractivity contribution in [1.29, 1.82) is 0 Å². The zero-order chi connectivity index (χ0) is 18.6. The number of rotatable bonds is 6. The summed E-state index contributed by atoms with van der Waals surface area (Å²) in [5, 5.41) is 0. The first-order chi connectivity index (χ1) is 11.9. The molecule has 1 aliphatic heterocycles. The molecule has 0 aliphatic carbocycles. The van der Waals surface area contributed by atoms with Crippen LogP contribution in [-0.4, -0.2) is 18.2 Å². The number of primary amides is 1. The first-order valence-electron chi connectivity index (χ1n) is 8.87. The lowest BCUT2D eigenvalue weighted by molar-refractivity contribution is 0.0999. The molecule has 1 amide bonds. The number of allylic oxidation sites excluding steroid dienone is 4. The van der Waals surface area contributed by atoms with Crippen molar-refractivity contribution in [3.05, 3.63) is 64.8 Å². The van der Waals surface area contributed by atoms with Gasteiger partial charge in [0.1, 0.15) is 0 Å². The Morgan fingerprint density at radius 2 is 2.12 bits per heavy atom. The van der Waals surface area contributed by atoms with Gasteiger partial charge in [0.25, 0.3) is 0 Å². The molecule has 2 N–H and O–H groups in total. The number of hydrogen-bond acceptors (Lipinski definition) is 2. The summed E-state index contributed by atoms with van der Waals surface area (Å²) in [6.07, 6.45) is 8.07. The lowest BCUT2D eigenvalue weighted by atomic mass is 9.83. The van der Waals surface area contributed by atoms with Gasteiger partial charge in [-0.3, -0.25) is 9.79 Å². The summed E-state index contributed by atoms with van der Waals surface area (Å²) in [5.74, 6) is -0.0257. The average Bonchev–Trinajstić information content (AvgIpc) is 2.76. The van der Waals surface area contributed by atoms with E-state index in [9.17, 15) is 4.79 Å². The molecule has 0 unspecified atom stereocenters. The maximum Gasteiger partial charge on any atom is 0.248 e. The van der Waals surface area contributed by atoms with E-state index in [-0.39, 0.29) is 5.91 Å². The number of nitrogens with zero attached hydrogens (tertiary/aromatic N) is 1. The van der Waals surface area contributed by atoms with E-state index in [1.165, 1.54) is 16.7 Å². The van der Waals surface area contributed by atoms with Gasteiger partial charge in [-0.2, -0.15) is 0 Å². The van der Waals surface area contributed by atoms with Crippen molar-refractivity contribution in [1.82, 2.24) is 0 Å². The molecule has 2 rings (SSSR count). The van der Waals surface area contributed by atoms with Gasteiger partial charge >= 0.3 is 0 Å². The van der Waals surface area contributed by atoms with E-state index in [1.54, 1.807) is 0 Å². The molecule has 3 nitrogen and oxygen atoms in total. The van der Waals surface area contributed by atoms with E-state index in [0.717, 1.165) is 29.7 Å². The predicted molar refractivity (Wildman–Crippen MR) is 107 cm³/mol. The Bertz CT molecular complexity index is 781. The SMILES string of the molecule is C=CCC1=CC(c2ccc(C(N)=O)c(C)c2[C@H](C)CC)=CCN=C1C. The van der Waals surface area contributed by atoms with Crippen LogP contribution >= 0.6 is 0 Å². The highest BCUT2D eigenvalue weighted by Crippen LogP contribution is 2.34. The zero-order valence-electron chi connectivity index (χ0n) is 15.7. The monoisotopic (exact) mass is 336 g/mol. The van der Waals surface area contributed by atoms with E-state index in [1.807, 2.05) is 32.1 Å². The minimum atomic E-state index is -0.370. The molecular formula is C22H28N2O. The summed E-state index contributed by atoms with van der Waals surface area (Å²) in [6, 6.07) is 3.88. The van der Waals surface area contributed by atoms with Crippen LogP contribution in [-0.2, 0) is 0 Å². The second kappa shape index (κ2) is 8.11. The first-order valence-corrected chi connectivity index (χ1v) is 8.87. The van der Waals surface area contributed by atoms with Crippen molar-refractivity contribution in [2.75, 3.05) is 6.54 Å². The maximum absolute atomic E-state index is 11.8. The molecule has 1 aromatic carbocycles.